The highest BCUT2D eigenvalue weighted by atomic mass is 16.7. The minimum atomic E-state index is -4.06. The highest BCUT2D eigenvalue weighted by Gasteiger charge is 2.83. The van der Waals surface area contributed by atoms with E-state index in [0.29, 0.717) is 22.3 Å². The number of hydrogen-bond acceptors (Lipinski definition) is 12. The van der Waals surface area contributed by atoms with E-state index in [4.69, 9.17) is 0 Å². The van der Waals surface area contributed by atoms with Gasteiger partial charge >= 0.3 is 0 Å². The molecule has 11 N–H and O–H groups in total. The van der Waals surface area contributed by atoms with Gasteiger partial charge in [-0.3, -0.25) is 9.48 Å². The first kappa shape index (κ1) is 23.6. The van der Waals surface area contributed by atoms with E-state index in [0.717, 1.165) is 4.68 Å². The van der Waals surface area contributed by atoms with Crippen LogP contribution < -0.4 is 5.73 Å². The van der Waals surface area contributed by atoms with Gasteiger partial charge in [-0.15, -0.1) is 0 Å². The molecule has 0 atom stereocenters. The lowest BCUT2D eigenvalue weighted by Crippen LogP contribution is -2.66. The number of carbonyl (C=O) groups excluding carboxylic acids is 1. The lowest BCUT2D eigenvalue weighted by molar-refractivity contribution is -0.452. The average Bonchev–Trinajstić information content (AvgIpc) is 3.34. The monoisotopic (exact) mass is 454 g/mol. The molecule has 0 saturated heterocycles. The van der Waals surface area contributed by atoms with E-state index in [9.17, 15) is 45.6 Å². The van der Waals surface area contributed by atoms with E-state index in [-0.39, 0.29) is 5.91 Å². The molecule has 0 bridgehead atoms. The molecule has 15 nitrogen and oxygen atoms in total. The van der Waals surface area contributed by atoms with Gasteiger partial charge in [-0.2, -0.15) is 5.10 Å². The van der Waals surface area contributed by atoms with Crippen molar-refractivity contribution in [3.63, 3.8) is 0 Å². The van der Waals surface area contributed by atoms with Crippen LogP contribution >= 0.6 is 0 Å². The van der Waals surface area contributed by atoms with Crippen molar-refractivity contribution in [2.24, 2.45) is 11.7 Å². The Hall–Kier alpha value is -3.02. The Kier molecular flexibility index (Phi) is 5.57. The van der Waals surface area contributed by atoms with Gasteiger partial charge in [-0.25, -0.2) is 9.97 Å². The van der Waals surface area contributed by atoms with Crippen molar-refractivity contribution < 1.29 is 45.6 Å². The van der Waals surface area contributed by atoms with Gasteiger partial charge in [0.1, 0.15) is 12.0 Å². The van der Waals surface area contributed by atoms with Crippen LogP contribution in [0, 0.1) is 5.92 Å². The van der Waals surface area contributed by atoms with E-state index >= 15 is 0 Å². The number of nitrogens with two attached hydrogens (primary N) is 1. The maximum atomic E-state index is 10.0. The number of hydrogen-bond donors (Lipinski definition) is 10. The molecule has 1 amide bonds. The number of aliphatic hydroxyl groups is 8. The standard InChI is InChI=1S/C15H17N5O8.C2H5NO/c21-12(22)9(13(23,24)15(27,28)14(12,25)26)5-20-4-7(3-19-20)10-8-1-2-16-11(8)18-6-17-10;1-2(3)4/h1-4,6,9,21-28H,5H2,(H,16,17,18);1H3,(H2,3,4). The van der Waals surface area contributed by atoms with Crippen molar-refractivity contribution in [3.8, 4) is 11.3 Å². The third-order valence-corrected chi connectivity index (χ3v) is 5.11. The Morgan fingerprint density at radius 3 is 2.22 bits per heavy atom. The van der Waals surface area contributed by atoms with Gasteiger partial charge in [0.15, 0.2) is 0 Å². The number of amides is 1. The molecule has 3 heterocycles. The summed E-state index contributed by atoms with van der Waals surface area (Å²) in [5.74, 6) is -18.1. The number of aromatic amines is 1. The SMILES string of the molecule is CC(N)=O.OC1(O)C(Cn2cc(-c3ncnc4[nH]ccc34)cn2)C(O)(O)C(O)(O)C1(O)O. The third-order valence-electron chi connectivity index (χ3n) is 5.11. The van der Waals surface area contributed by atoms with Gasteiger partial charge in [-0.05, 0) is 6.07 Å². The van der Waals surface area contributed by atoms with E-state index < -0.39 is 35.6 Å². The van der Waals surface area contributed by atoms with Crippen LogP contribution in [0.15, 0.2) is 31.0 Å². The zero-order chi connectivity index (χ0) is 24.1. The fourth-order valence-corrected chi connectivity index (χ4v) is 3.41. The number of primary amides is 1. The maximum absolute atomic E-state index is 10.0. The lowest BCUT2D eigenvalue weighted by Gasteiger charge is -2.35. The first-order valence-corrected chi connectivity index (χ1v) is 9.00. The summed E-state index contributed by atoms with van der Waals surface area (Å²) in [5.41, 5.74) is 5.99. The number of nitrogens with zero attached hydrogens (tertiary/aromatic N) is 4. The first-order chi connectivity index (χ1) is 14.6. The quantitative estimate of drug-likeness (QED) is 0.168. The summed E-state index contributed by atoms with van der Waals surface area (Å²) in [5, 5.41) is 83.4. The number of rotatable bonds is 3. The van der Waals surface area contributed by atoms with Crippen molar-refractivity contribution in [2.75, 3.05) is 0 Å². The molecule has 1 saturated carbocycles. The van der Waals surface area contributed by atoms with Gasteiger partial charge in [0.2, 0.25) is 17.5 Å². The molecular weight excluding hydrogens is 432 g/mol. The predicted molar refractivity (Wildman–Crippen MR) is 102 cm³/mol. The molecule has 0 radical (unpaired) electrons. The van der Waals surface area contributed by atoms with Gasteiger partial charge in [-0.1, -0.05) is 0 Å². The molecule has 15 heteroatoms. The molecule has 0 unspecified atom stereocenters. The highest BCUT2D eigenvalue weighted by molar-refractivity contribution is 5.89. The Bertz CT molecular complexity index is 1110. The molecule has 1 fully saturated rings. The third kappa shape index (κ3) is 3.42. The number of carbonyl (C=O) groups is 1. The van der Waals surface area contributed by atoms with Crippen LogP contribution in [0.1, 0.15) is 6.92 Å². The fourth-order valence-electron chi connectivity index (χ4n) is 3.41. The minimum absolute atomic E-state index is 0.333. The van der Waals surface area contributed by atoms with Crippen LogP contribution in [0.2, 0.25) is 0 Å². The van der Waals surface area contributed by atoms with Gasteiger partial charge in [0.05, 0.1) is 24.4 Å². The molecule has 0 spiro atoms. The second-order valence-corrected chi connectivity index (χ2v) is 7.37. The van der Waals surface area contributed by atoms with Crippen molar-refractivity contribution >= 4 is 16.9 Å². The second-order valence-electron chi connectivity index (χ2n) is 7.37. The molecule has 0 aliphatic heterocycles. The Morgan fingerprint density at radius 2 is 1.66 bits per heavy atom. The van der Waals surface area contributed by atoms with Crippen LogP contribution in [-0.2, 0) is 11.3 Å². The first-order valence-electron chi connectivity index (χ1n) is 9.00. The Balaban J connectivity index is 0.000000668. The predicted octanol–water partition coefficient (Wildman–Crippen LogP) is -4.33. The molecule has 4 rings (SSSR count). The maximum Gasteiger partial charge on any atom is 0.280 e. The fraction of sp³-hybridized carbons (Fsp3) is 0.412. The normalized spacial score (nSPS) is 20.7. The molecular formula is C17H22N6O9. The number of H-pyrrole nitrogens is 1. The van der Waals surface area contributed by atoms with Crippen molar-refractivity contribution in [3.05, 3.63) is 31.0 Å². The molecule has 0 aromatic carbocycles. The molecule has 3 aromatic heterocycles. The average molecular weight is 454 g/mol. The largest absolute Gasteiger partial charge is 0.370 e. The van der Waals surface area contributed by atoms with Crippen molar-refractivity contribution in [1.29, 1.82) is 0 Å². The summed E-state index contributed by atoms with van der Waals surface area (Å²) < 4.78 is 1.03. The summed E-state index contributed by atoms with van der Waals surface area (Å²) in [4.78, 5) is 20.3. The van der Waals surface area contributed by atoms with E-state index in [2.05, 4.69) is 25.8 Å². The molecule has 174 valence electrons. The second kappa shape index (κ2) is 7.54. The van der Waals surface area contributed by atoms with Crippen molar-refractivity contribution in [2.45, 2.75) is 36.6 Å². The number of aromatic nitrogens is 5. The molecule has 1 aliphatic carbocycles. The van der Waals surface area contributed by atoms with Gasteiger partial charge < -0.3 is 51.6 Å². The summed E-state index contributed by atoms with van der Waals surface area (Å²) in [6, 6.07) is 1.73. The topological polar surface area (TPSA) is 264 Å². The summed E-state index contributed by atoms with van der Waals surface area (Å²) in [6.07, 6.45) is 5.70. The lowest BCUT2D eigenvalue weighted by atomic mass is 9.96. The Morgan fingerprint density at radius 1 is 1.09 bits per heavy atom. The number of fused-ring (bicyclic) bond motifs is 1. The van der Waals surface area contributed by atoms with Crippen LogP contribution in [-0.4, -0.2) is 94.6 Å². The summed E-state index contributed by atoms with van der Waals surface area (Å²) >= 11 is 0. The zero-order valence-electron chi connectivity index (χ0n) is 16.5. The van der Waals surface area contributed by atoms with Crippen LogP contribution in [0.25, 0.3) is 22.3 Å². The van der Waals surface area contributed by atoms with Crippen molar-refractivity contribution in [1.82, 2.24) is 24.7 Å². The van der Waals surface area contributed by atoms with Crippen LogP contribution in [0.3, 0.4) is 0 Å². The van der Waals surface area contributed by atoms with E-state index in [1.807, 2.05) is 0 Å². The number of nitrogens with one attached hydrogen (secondary N) is 1. The van der Waals surface area contributed by atoms with Crippen LogP contribution in [0.5, 0.6) is 0 Å². The van der Waals surface area contributed by atoms with Crippen LogP contribution in [0.4, 0.5) is 0 Å². The minimum Gasteiger partial charge on any atom is -0.370 e. The summed E-state index contributed by atoms with van der Waals surface area (Å²) in [6.45, 7) is 0.576. The molecule has 1 aliphatic rings. The molecule has 3 aromatic rings. The zero-order valence-corrected chi connectivity index (χ0v) is 16.5. The summed E-state index contributed by atoms with van der Waals surface area (Å²) in [7, 11) is 0. The van der Waals surface area contributed by atoms with E-state index in [1.165, 1.54) is 25.6 Å². The highest BCUT2D eigenvalue weighted by Crippen LogP contribution is 2.51. The Labute approximate surface area is 178 Å². The van der Waals surface area contributed by atoms with E-state index in [1.54, 1.807) is 12.3 Å². The smallest absolute Gasteiger partial charge is 0.280 e. The van der Waals surface area contributed by atoms with Gasteiger partial charge in [0, 0.05) is 30.3 Å². The van der Waals surface area contributed by atoms with Gasteiger partial charge in [0.25, 0.3) is 11.6 Å². The molecule has 32 heavy (non-hydrogen) atoms.